The van der Waals surface area contributed by atoms with Crippen molar-refractivity contribution in [2.24, 2.45) is 0 Å². The molecule has 0 radical (unpaired) electrons. The number of carbonyl (C=O) groups excluding carboxylic acids is 2. The van der Waals surface area contributed by atoms with Gasteiger partial charge in [0.15, 0.2) is 0 Å². The lowest BCUT2D eigenvalue weighted by Crippen LogP contribution is -2.27. The van der Waals surface area contributed by atoms with Gasteiger partial charge < -0.3 is 15.4 Å². The van der Waals surface area contributed by atoms with Crippen molar-refractivity contribution in [2.75, 3.05) is 19.0 Å². The van der Waals surface area contributed by atoms with Gasteiger partial charge in [0, 0.05) is 24.7 Å². The predicted octanol–water partition coefficient (Wildman–Crippen LogP) is 2.16. The van der Waals surface area contributed by atoms with Gasteiger partial charge in [-0.2, -0.15) is 0 Å². The summed E-state index contributed by atoms with van der Waals surface area (Å²) in [6, 6.07) is 10.5. The highest BCUT2D eigenvalue weighted by Gasteiger charge is 2.08. The van der Waals surface area contributed by atoms with Crippen LogP contribution in [0.15, 0.2) is 42.6 Å². The molecule has 120 valence electrons. The Bertz CT molecular complexity index is 701. The maximum Gasteiger partial charge on any atom is 0.251 e. The van der Waals surface area contributed by atoms with Gasteiger partial charge in [-0.15, -0.1) is 0 Å². The summed E-state index contributed by atoms with van der Waals surface area (Å²) in [6.07, 6.45) is 1.81. The second-order valence-corrected chi connectivity index (χ2v) is 5.00. The number of nitrogens with one attached hydrogen (secondary N) is 2. The van der Waals surface area contributed by atoms with Crippen LogP contribution in [0.4, 0.5) is 5.82 Å². The molecule has 1 heterocycles. The summed E-state index contributed by atoms with van der Waals surface area (Å²) < 4.78 is 5.07. The number of hydrogen-bond donors (Lipinski definition) is 2. The Balaban J connectivity index is 1.79. The van der Waals surface area contributed by atoms with Crippen molar-refractivity contribution in [1.82, 2.24) is 10.3 Å². The van der Waals surface area contributed by atoms with Crippen molar-refractivity contribution < 1.29 is 14.3 Å². The van der Waals surface area contributed by atoms with E-state index in [1.54, 1.807) is 43.6 Å². The fraction of sp³-hybridized carbons (Fsp3) is 0.235. The SMILES string of the molecule is COc1cccc(C(=O)NCCC(=O)Nc2cc(C)ccn2)c1. The van der Waals surface area contributed by atoms with Crippen LogP contribution in [0.1, 0.15) is 22.3 Å². The van der Waals surface area contributed by atoms with Crippen molar-refractivity contribution in [2.45, 2.75) is 13.3 Å². The van der Waals surface area contributed by atoms with E-state index in [4.69, 9.17) is 4.74 Å². The molecular formula is C17H19N3O3. The Morgan fingerprint density at radius 1 is 1.22 bits per heavy atom. The summed E-state index contributed by atoms with van der Waals surface area (Å²) in [6.45, 7) is 2.17. The lowest BCUT2D eigenvalue weighted by Gasteiger charge is -2.07. The van der Waals surface area contributed by atoms with E-state index < -0.39 is 0 Å². The smallest absolute Gasteiger partial charge is 0.251 e. The Kier molecular flexibility index (Phi) is 5.68. The fourth-order valence-electron chi connectivity index (χ4n) is 1.97. The van der Waals surface area contributed by atoms with E-state index in [0.29, 0.717) is 17.1 Å². The Morgan fingerprint density at radius 3 is 2.78 bits per heavy atom. The minimum atomic E-state index is -0.245. The number of aryl methyl sites for hydroxylation is 1. The summed E-state index contributed by atoms with van der Waals surface area (Å²) in [5, 5.41) is 5.40. The van der Waals surface area contributed by atoms with Gasteiger partial charge in [0.05, 0.1) is 7.11 Å². The third-order valence-electron chi connectivity index (χ3n) is 3.15. The second kappa shape index (κ2) is 7.93. The molecule has 0 saturated heterocycles. The van der Waals surface area contributed by atoms with Crippen molar-refractivity contribution in [3.63, 3.8) is 0 Å². The van der Waals surface area contributed by atoms with Crippen LogP contribution in [0.5, 0.6) is 5.75 Å². The van der Waals surface area contributed by atoms with E-state index in [-0.39, 0.29) is 24.8 Å². The number of nitrogens with zero attached hydrogens (tertiary/aromatic N) is 1. The molecule has 23 heavy (non-hydrogen) atoms. The summed E-state index contributed by atoms with van der Waals surface area (Å²) >= 11 is 0. The van der Waals surface area contributed by atoms with Gasteiger partial charge >= 0.3 is 0 Å². The van der Waals surface area contributed by atoms with Crippen LogP contribution in [0, 0.1) is 6.92 Å². The van der Waals surface area contributed by atoms with E-state index in [9.17, 15) is 9.59 Å². The molecule has 2 amide bonds. The molecule has 0 spiro atoms. The van der Waals surface area contributed by atoms with Crippen LogP contribution in [-0.2, 0) is 4.79 Å². The predicted molar refractivity (Wildman–Crippen MR) is 87.5 cm³/mol. The highest BCUT2D eigenvalue weighted by Crippen LogP contribution is 2.12. The van der Waals surface area contributed by atoms with Crippen molar-refractivity contribution >= 4 is 17.6 Å². The number of hydrogen-bond acceptors (Lipinski definition) is 4. The number of carbonyl (C=O) groups is 2. The number of rotatable bonds is 6. The Hall–Kier alpha value is -2.89. The van der Waals surface area contributed by atoms with Crippen LogP contribution in [0.25, 0.3) is 0 Å². The van der Waals surface area contributed by atoms with Crippen LogP contribution < -0.4 is 15.4 Å². The number of amides is 2. The van der Waals surface area contributed by atoms with Crippen LogP contribution in [0.3, 0.4) is 0 Å². The van der Waals surface area contributed by atoms with E-state index in [2.05, 4.69) is 15.6 Å². The van der Waals surface area contributed by atoms with Gasteiger partial charge in [-0.1, -0.05) is 6.07 Å². The third-order valence-corrected chi connectivity index (χ3v) is 3.15. The number of ether oxygens (including phenoxy) is 1. The first-order chi connectivity index (χ1) is 11.1. The van der Waals surface area contributed by atoms with Gasteiger partial charge in [-0.25, -0.2) is 4.98 Å². The Morgan fingerprint density at radius 2 is 2.04 bits per heavy atom. The van der Waals surface area contributed by atoms with E-state index in [1.807, 2.05) is 13.0 Å². The third kappa shape index (κ3) is 5.10. The van der Waals surface area contributed by atoms with Crippen LogP contribution in [0.2, 0.25) is 0 Å². The molecule has 1 aromatic carbocycles. The quantitative estimate of drug-likeness (QED) is 0.856. The first-order valence-electron chi connectivity index (χ1n) is 7.23. The number of benzene rings is 1. The number of pyridine rings is 1. The summed E-state index contributed by atoms with van der Waals surface area (Å²) in [7, 11) is 1.54. The van der Waals surface area contributed by atoms with E-state index in [1.165, 1.54) is 0 Å². The minimum Gasteiger partial charge on any atom is -0.497 e. The zero-order valence-corrected chi connectivity index (χ0v) is 13.1. The highest BCUT2D eigenvalue weighted by atomic mass is 16.5. The van der Waals surface area contributed by atoms with Crippen molar-refractivity contribution in [3.8, 4) is 5.75 Å². The normalized spacial score (nSPS) is 10.0. The first kappa shape index (κ1) is 16.5. The van der Waals surface area contributed by atoms with Gasteiger partial charge in [0.2, 0.25) is 5.91 Å². The molecule has 0 atom stereocenters. The number of aromatic nitrogens is 1. The maximum atomic E-state index is 12.0. The molecule has 2 aromatic rings. The summed E-state index contributed by atoms with van der Waals surface area (Å²) in [5.74, 6) is 0.675. The summed E-state index contributed by atoms with van der Waals surface area (Å²) in [5.41, 5.74) is 1.51. The van der Waals surface area contributed by atoms with Gasteiger partial charge in [-0.3, -0.25) is 9.59 Å². The Labute approximate surface area is 134 Å². The molecule has 0 aliphatic rings. The molecule has 0 unspecified atom stereocenters. The highest BCUT2D eigenvalue weighted by molar-refractivity contribution is 5.95. The molecule has 0 bridgehead atoms. The number of methoxy groups -OCH3 is 1. The molecule has 0 aliphatic heterocycles. The molecule has 0 saturated carbocycles. The fourth-order valence-corrected chi connectivity index (χ4v) is 1.97. The molecule has 0 fully saturated rings. The van der Waals surface area contributed by atoms with E-state index >= 15 is 0 Å². The monoisotopic (exact) mass is 313 g/mol. The molecule has 2 rings (SSSR count). The summed E-state index contributed by atoms with van der Waals surface area (Å²) in [4.78, 5) is 27.9. The second-order valence-electron chi connectivity index (χ2n) is 5.00. The zero-order valence-electron chi connectivity index (χ0n) is 13.1. The molecular weight excluding hydrogens is 294 g/mol. The number of anilines is 1. The van der Waals surface area contributed by atoms with Gasteiger partial charge in [-0.05, 0) is 42.8 Å². The first-order valence-corrected chi connectivity index (χ1v) is 7.23. The standard InChI is InChI=1S/C17H19N3O3/c1-12-6-8-18-15(10-12)20-16(21)7-9-19-17(22)13-4-3-5-14(11-13)23-2/h3-6,8,10-11H,7,9H2,1-2H3,(H,19,22)(H,18,20,21). The lowest BCUT2D eigenvalue weighted by atomic mass is 10.2. The van der Waals surface area contributed by atoms with Crippen molar-refractivity contribution in [3.05, 3.63) is 53.7 Å². The van der Waals surface area contributed by atoms with Crippen LogP contribution in [-0.4, -0.2) is 30.5 Å². The average molecular weight is 313 g/mol. The average Bonchev–Trinajstić information content (AvgIpc) is 2.54. The molecule has 6 nitrogen and oxygen atoms in total. The van der Waals surface area contributed by atoms with Crippen molar-refractivity contribution in [1.29, 1.82) is 0 Å². The van der Waals surface area contributed by atoms with Gasteiger partial charge in [0.25, 0.3) is 5.91 Å². The van der Waals surface area contributed by atoms with E-state index in [0.717, 1.165) is 5.56 Å². The maximum absolute atomic E-state index is 12.0. The molecule has 1 aromatic heterocycles. The van der Waals surface area contributed by atoms with Gasteiger partial charge in [0.1, 0.15) is 11.6 Å². The largest absolute Gasteiger partial charge is 0.497 e. The zero-order chi connectivity index (χ0) is 16.7. The lowest BCUT2D eigenvalue weighted by molar-refractivity contribution is -0.116. The van der Waals surface area contributed by atoms with Crippen LogP contribution >= 0.6 is 0 Å². The molecule has 6 heteroatoms. The minimum absolute atomic E-state index is 0.172. The molecule has 0 aliphatic carbocycles. The topological polar surface area (TPSA) is 80.3 Å². The molecule has 2 N–H and O–H groups in total.